The molecule has 4 aromatic rings. The van der Waals surface area contributed by atoms with Gasteiger partial charge in [-0.1, -0.05) is 121 Å². The Balaban J connectivity index is 1.58. The van der Waals surface area contributed by atoms with Crippen molar-refractivity contribution in [2.45, 2.75) is 18.4 Å². The number of carbonyl (C=O) groups is 4. The summed E-state index contributed by atoms with van der Waals surface area (Å²) in [7, 11) is 0. The van der Waals surface area contributed by atoms with Crippen molar-refractivity contribution in [3.8, 4) is 0 Å². The van der Waals surface area contributed by atoms with Gasteiger partial charge in [0.2, 0.25) is 5.78 Å². The first-order chi connectivity index (χ1) is 17.5. The molecule has 2 atom stereocenters. The molecule has 2 unspecified atom stereocenters. The Hall–Kier alpha value is -4.64. The molecule has 0 fully saturated rings. The highest BCUT2D eigenvalue weighted by Gasteiger charge is 2.31. The molecule has 0 heterocycles. The van der Waals surface area contributed by atoms with E-state index in [4.69, 9.17) is 0 Å². The van der Waals surface area contributed by atoms with Crippen LogP contribution in [0.1, 0.15) is 50.2 Å². The first kappa shape index (κ1) is 24.5. The molecule has 0 bridgehead atoms. The largest absolute Gasteiger partial charge is 0.335 e. The van der Waals surface area contributed by atoms with E-state index >= 15 is 0 Å². The smallest absolute Gasteiger partial charge is 0.288 e. The summed E-state index contributed by atoms with van der Waals surface area (Å²) >= 11 is 0. The van der Waals surface area contributed by atoms with Crippen LogP contribution in [0.4, 0.5) is 0 Å². The molecule has 1 amide bonds. The van der Waals surface area contributed by atoms with Crippen molar-refractivity contribution in [3.63, 3.8) is 0 Å². The highest BCUT2D eigenvalue weighted by Crippen LogP contribution is 2.25. The Morgan fingerprint density at radius 2 is 0.944 bits per heavy atom. The fourth-order valence-corrected chi connectivity index (χ4v) is 4.06. The van der Waals surface area contributed by atoms with E-state index in [1.54, 1.807) is 115 Å². The third-order valence-electron chi connectivity index (χ3n) is 5.95. The predicted molar refractivity (Wildman–Crippen MR) is 138 cm³/mol. The van der Waals surface area contributed by atoms with E-state index in [1.165, 1.54) is 0 Å². The monoisotopic (exact) mass is 475 g/mol. The van der Waals surface area contributed by atoms with Gasteiger partial charge in [-0.15, -0.1) is 0 Å². The van der Waals surface area contributed by atoms with E-state index in [-0.39, 0.29) is 18.0 Å². The lowest BCUT2D eigenvalue weighted by molar-refractivity contribution is -0.138. The van der Waals surface area contributed by atoms with E-state index in [9.17, 15) is 19.2 Å². The highest BCUT2D eigenvalue weighted by atomic mass is 16.2. The van der Waals surface area contributed by atoms with Crippen LogP contribution in [0.2, 0.25) is 0 Å². The van der Waals surface area contributed by atoms with Crippen LogP contribution in [0.15, 0.2) is 121 Å². The van der Waals surface area contributed by atoms with Gasteiger partial charge in [-0.05, 0) is 11.1 Å². The Kier molecular flexibility index (Phi) is 7.94. The number of hydrogen-bond acceptors (Lipinski definition) is 4. The maximum Gasteiger partial charge on any atom is 0.288 e. The number of rotatable bonds is 10. The Morgan fingerprint density at radius 3 is 1.44 bits per heavy atom. The quantitative estimate of drug-likeness (QED) is 0.248. The van der Waals surface area contributed by atoms with Crippen molar-refractivity contribution in [1.82, 2.24) is 5.32 Å². The molecule has 36 heavy (non-hydrogen) atoms. The number of nitrogens with one attached hydrogen (secondary N) is 1. The maximum atomic E-state index is 13.3. The van der Waals surface area contributed by atoms with Gasteiger partial charge in [-0.25, -0.2) is 0 Å². The van der Waals surface area contributed by atoms with Gasteiger partial charge in [-0.3, -0.25) is 19.2 Å². The molecule has 5 nitrogen and oxygen atoms in total. The lowest BCUT2D eigenvalue weighted by Crippen LogP contribution is -2.39. The van der Waals surface area contributed by atoms with E-state index in [0.29, 0.717) is 22.3 Å². The van der Waals surface area contributed by atoms with Crippen LogP contribution in [0.25, 0.3) is 0 Å². The molecule has 0 saturated carbocycles. The van der Waals surface area contributed by atoms with Crippen LogP contribution in [0.3, 0.4) is 0 Å². The lowest BCUT2D eigenvalue weighted by Gasteiger charge is -2.19. The standard InChI is InChI=1S/C31H25NO4/c33-27(21-26(22-13-5-1-6-14-22)29(34)24-17-9-3-10-18-24)31(36)32-28(23-15-7-2-8-16-23)30(35)25-19-11-4-12-20-25/h1-20,26,28H,21H2,(H,32,36). The molecule has 1 N–H and O–H groups in total. The minimum atomic E-state index is -1.04. The first-order valence-corrected chi connectivity index (χ1v) is 11.7. The van der Waals surface area contributed by atoms with Crippen molar-refractivity contribution in [1.29, 1.82) is 0 Å². The molecular formula is C31H25NO4. The second-order valence-electron chi connectivity index (χ2n) is 8.37. The van der Waals surface area contributed by atoms with Gasteiger partial charge in [0.25, 0.3) is 5.91 Å². The third kappa shape index (κ3) is 5.88. The summed E-state index contributed by atoms with van der Waals surface area (Å²) in [5.74, 6) is -3.08. The van der Waals surface area contributed by atoms with Crippen LogP contribution in [0.5, 0.6) is 0 Å². The summed E-state index contributed by atoms with van der Waals surface area (Å²) in [6.07, 6.45) is -0.315. The van der Waals surface area contributed by atoms with Crippen molar-refractivity contribution in [3.05, 3.63) is 144 Å². The summed E-state index contributed by atoms with van der Waals surface area (Å²) in [5, 5.41) is 2.62. The average Bonchev–Trinajstić information content (AvgIpc) is 2.95. The topological polar surface area (TPSA) is 80.3 Å². The predicted octanol–water partition coefficient (Wildman–Crippen LogP) is 5.35. The van der Waals surface area contributed by atoms with Gasteiger partial charge in [0.05, 0.1) is 5.92 Å². The summed E-state index contributed by atoms with van der Waals surface area (Å²) in [6.45, 7) is 0. The molecule has 0 aliphatic carbocycles. The van der Waals surface area contributed by atoms with E-state index in [1.807, 2.05) is 6.07 Å². The molecule has 5 heteroatoms. The second-order valence-corrected chi connectivity index (χ2v) is 8.37. The average molecular weight is 476 g/mol. The van der Waals surface area contributed by atoms with Gasteiger partial charge >= 0.3 is 0 Å². The van der Waals surface area contributed by atoms with E-state index in [0.717, 1.165) is 0 Å². The SMILES string of the molecule is O=C(CC(C(=O)c1ccccc1)c1ccccc1)C(=O)NC(C(=O)c1ccccc1)c1ccccc1. The maximum absolute atomic E-state index is 13.3. The van der Waals surface area contributed by atoms with Gasteiger partial charge in [-0.2, -0.15) is 0 Å². The first-order valence-electron chi connectivity index (χ1n) is 11.7. The number of Topliss-reactive ketones (excluding diaryl/α,β-unsaturated/α-hetero) is 3. The molecule has 4 aromatic carbocycles. The zero-order chi connectivity index (χ0) is 25.3. The summed E-state index contributed by atoms with van der Waals surface area (Å²) in [5.41, 5.74) is 2.08. The zero-order valence-electron chi connectivity index (χ0n) is 19.5. The summed E-state index contributed by atoms with van der Waals surface area (Å²) < 4.78 is 0. The fourth-order valence-electron chi connectivity index (χ4n) is 4.06. The van der Waals surface area contributed by atoms with Crippen LogP contribution >= 0.6 is 0 Å². The molecule has 0 saturated heterocycles. The minimum Gasteiger partial charge on any atom is -0.335 e. The van der Waals surface area contributed by atoms with Gasteiger partial charge in [0.15, 0.2) is 11.6 Å². The third-order valence-corrected chi connectivity index (χ3v) is 5.95. The molecule has 0 aliphatic heterocycles. The Bertz CT molecular complexity index is 1230. The number of amides is 1. The minimum absolute atomic E-state index is 0.247. The molecule has 0 radical (unpaired) electrons. The van der Waals surface area contributed by atoms with Crippen molar-refractivity contribution < 1.29 is 19.2 Å². The summed E-state index contributed by atoms with van der Waals surface area (Å²) in [4.78, 5) is 52.7. The van der Waals surface area contributed by atoms with Crippen molar-refractivity contribution >= 4 is 23.3 Å². The van der Waals surface area contributed by atoms with Crippen LogP contribution in [-0.2, 0) is 9.59 Å². The molecule has 178 valence electrons. The van der Waals surface area contributed by atoms with Gasteiger partial charge < -0.3 is 5.32 Å². The second kappa shape index (κ2) is 11.7. The zero-order valence-corrected chi connectivity index (χ0v) is 19.5. The molecule has 0 spiro atoms. The fraction of sp³-hybridized carbons (Fsp3) is 0.0968. The normalized spacial score (nSPS) is 12.2. The lowest BCUT2D eigenvalue weighted by atomic mass is 9.86. The number of ketones is 3. The molecular weight excluding hydrogens is 450 g/mol. The summed E-state index contributed by atoms with van der Waals surface area (Å²) in [6, 6.07) is 34.0. The Morgan fingerprint density at radius 1 is 0.528 bits per heavy atom. The Labute approximate surface area is 209 Å². The van der Waals surface area contributed by atoms with E-state index < -0.39 is 23.7 Å². The number of benzene rings is 4. The van der Waals surface area contributed by atoms with Gasteiger partial charge in [0, 0.05) is 17.5 Å². The molecule has 0 aliphatic rings. The van der Waals surface area contributed by atoms with Gasteiger partial charge in [0.1, 0.15) is 6.04 Å². The van der Waals surface area contributed by atoms with E-state index in [2.05, 4.69) is 5.32 Å². The highest BCUT2D eigenvalue weighted by molar-refractivity contribution is 6.37. The van der Waals surface area contributed by atoms with Crippen LogP contribution < -0.4 is 5.32 Å². The van der Waals surface area contributed by atoms with Crippen molar-refractivity contribution in [2.75, 3.05) is 0 Å². The number of hydrogen-bond donors (Lipinski definition) is 1. The van der Waals surface area contributed by atoms with Crippen molar-refractivity contribution in [2.24, 2.45) is 0 Å². The van der Waals surface area contributed by atoms with Crippen LogP contribution in [-0.4, -0.2) is 23.3 Å². The molecule has 4 rings (SSSR count). The van der Waals surface area contributed by atoms with Crippen LogP contribution in [0, 0.1) is 0 Å². The molecule has 0 aromatic heterocycles. The number of carbonyl (C=O) groups excluding carboxylic acids is 4.